The second kappa shape index (κ2) is 5.32. The first-order chi connectivity index (χ1) is 9.93. The molecular formula is C13H18F3N5. The molecule has 0 aromatic carbocycles. The lowest BCUT2D eigenvalue weighted by molar-refractivity contribution is -0.141. The maximum absolute atomic E-state index is 12.7. The van der Waals surface area contributed by atoms with Crippen LogP contribution >= 0.6 is 0 Å². The van der Waals surface area contributed by atoms with E-state index in [-0.39, 0.29) is 17.8 Å². The highest BCUT2D eigenvalue weighted by atomic mass is 19.4. The topological polar surface area (TPSA) is 67.1 Å². The zero-order valence-electron chi connectivity index (χ0n) is 11.5. The van der Waals surface area contributed by atoms with Crippen molar-refractivity contribution in [2.24, 2.45) is 0 Å². The predicted octanol–water partition coefficient (Wildman–Crippen LogP) is 2.12. The van der Waals surface area contributed by atoms with E-state index in [1.54, 1.807) is 0 Å². The van der Waals surface area contributed by atoms with Gasteiger partial charge in [0.1, 0.15) is 5.82 Å². The first-order valence-electron chi connectivity index (χ1n) is 7.16. The number of nitrogens with one attached hydrogen (secondary N) is 1. The number of hydrogen-bond acceptors (Lipinski definition) is 5. The van der Waals surface area contributed by atoms with E-state index in [1.165, 1.54) is 12.8 Å². The van der Waals surface area contributed by atoms with E-state index in [2.05, 4.69) is 20.2 Å². The standard InChI is InChI=1S/C13H18F3N5/c14-13(15,16)10-7-11(20-12(17)19-10)18-8-4-6-21-5-2-1-3-9(8)21/h7-9H,1-6H2,(H3,17,18,19,20). The molecular weight excluding hydrogens is 283 g/mol. The van der Waals surface area contributed by atoms with Crippen LogP contribution < -0.4 is 11.1 Å². The summed E-state index contributed by atoms with van der Waals surface area (Å²) >= 11 is 0. The molecule has 2 fully saturated rings. The number of halogens is 3. The van der Waals surface area contributed by atoms with Crippen molar-refractivity contribution >= 4 is 11.8 Å². The third-order valence-electron chi connectivity index (χ3n) is 4.22. The Morgan fingerprint density at radius 1 is 1.19 bits per heavy atom. The van der Waals surface area contributed by atoms with Gasteiger partial charge in [0, 0.05) is 24.7 Å². The fraction of sp³-hybridized carbons (Fsp3) is 0.692. The quantitative estimate of drug-likeness (QED) is 0.876. The summed E-state index contributed by atoms with van der Waals surface area (Å²) in [5.74, 6) is -0.196. The molecule has 2 saturated heterocycles. The molecule has 3 heterocycles. The molecule has 2 atom stereocenters. The van der Waals surface area contributed by atoms with Gasteiger partial charge in [0.25, 0.3) is 0 Å². The molecule has 0 spiro atoms. The van der Waals surface area contributed by atoms with E-state index in [4.69, 9.17) is 5.73 Å². The first-order valence-corrected chi connectivity index (χ1v) is 7.16. The lowest BCUT2D eigenvalue weighted by atomic mass is 9.99. The Bertz CT molecular complexity index is 519. The van der Waals surface area contributed by atoms with Gasteiger partial charge in [0.15, 0.2) is 5.69 Å². The molecule has 0 aliphatic carbocycles. The Kier molecular flexibility index (Phi) is 3.64. The van der Waals surface area contributed by atoms with Crippen LogP contribution in [0.15, 0.2) is 6.07 Å². The van der Waals surface area contributed by atoms with Crippen molar-refractivity contribution < 1.29 is 13.2 Å². The van der Waals surface area contributed by atoms with Crippen LogP contribution in [0.1, 0.15) is 31.4 Å². The summed E-state index contributed by atoms with van der Waals surface area (Å²) in [5, 5.41) is 3.12. The molecule has 3 N–H and O–H groups in total. The highest BCUT2D eigenvalue weighted by Crippen LogP contribution is 2.32. The number of piperidine rings is 1. The average Bonchev–Trinajstić information content (AvgIpc) is 2.81. The number of fused-ring (bicyclic) bond motifs is 1. The number of rotatable bonds is 2. The van der Waals surface area contributed by atoms with Gasteiger partial charge in [-0.15, -0.1) is 0 Å². The van der Waals surface area contributed by atoms with Crippen molar-refractivity contribution in [2.45, 2.75) is 43.9 Å². The van der Waals surface area contributed by atoms with Crippen LogP contribution in [0.4, 0.5) is 24.9 Å². The van der Waals surface area contributed by atoms with Crippen molar-refractivity contribution in [2.75, 3.05) is 24.1 Å². The molecule has 2 aliphatic heterocycles. The van der Waals surface area contributed by atoms with Crippen molar-refractivity contribution in [3.8, 4) is 0 Å². The minimum atomic E-state index is -4.51. The first kappa shape index (κ1) is 14.4. The lowest BCUT2D eigenvalue weighted by Gasteiger charge is -2.32. The number of nitrogens with two attached hydrogens (primary N) is 1. The molecule has 1 aromatic heterocycles. The molecule has 0 amide bonds. The molecule has 2 unspecified atom stereocenters. The Morgan fingerprint density at radius 3 is 2.76 bits per heavy atom. The Balaban J connectivity index is 1.77. The van der Waals surface area contributed by atoms with E-state index in [9.17, 15) is 13.2 Å². The largest absolute Gasteiger partial charge is 0.433 e. The molecule has 21 heavy (non-hydrogen) atoms. The molecule has 2 aliphatic rings. The average molecular weight is 301 g/mol. The maximum Gasteiger partial charge on any atom is 0.433 e. The van der Waals surface area contributed by atoms with Crippen LogP contribution in [-0.2, 0) is 6.18 Å². The van der Waals surface area contributed by atoms with Gasteiger partial charge in [-0.3, -0.25) is 4.90 Å². The normalized spacial score (nSPS) is 26.6. The van der Waals surface area contributed by atoms with Gasteiger partial charge in [-0.2, -0.15) is 18.2 Å². The predicted molar refractivity (Wildman–Crippen MR) is 72.7 cm³/mol. The summed E-state index contributed by atoms with van der Waals surface area (Å²) in [5.41, 5.74) is 4.39. The highest BCUT2D eigenvalue weighted by molar-refractivity contribution is 5.42. The van der Waals surface area contributed by atoms with Crippen LogP contribution in [0.3, 0.4) is 0 Å². The molecule has 3 rings (SSSR count). The number of hydrogen-bond donors (Lipinski definition) is 2. The number of aromatic nitrogens is 2. The molecule has 0 radical (unpaired) electrons. The second-order valence-corrected chi connectivity index (χ2v) is 5.63. The number of alkyl halides is 3. The van der Waals surface area contributed by atoms with E-state index in [1.807, 2.05) is 0 Å². The third-order valence-corrected chi connectivity index (χ3v) is 4.22. The van der Waals surface area contributed by atoms with Gasteiger partial charge < -0.3 is 11.1 Å². The zero-order valence-corrected chi connectivity index (χ0v) is 11.5. The summed E-state index contributed by atoms with van der Waals surface area (Å²) in [7, 11) is 0. The minimum Gasteiger partial charge on any atom is -0.368 e. The Morgan fingerprint density at radius 2 is 2.00 bits per heavy atom. The highest BCUT2D eigenvalue weighted by Gasteiger charge is 2.37. The van der Waals surface area contributed by atoms with Gasteiger partial charge in [0.2, 0.25) is 5.95 Å². The fourth-order valence-electron chi connectivity index (χ4n) is 3.29. The molecule has 5 nitrogen and oxygen atoms in total. The van der Waals surface area contributed by atoms with Crippen LogP contribution in [0, 0.1) is 0 Å². The number of nitrogens with zero attached hydrogens (tertiary/aromatic N) is 3. The minimum absolute atomic E-state index is 0.126. The third kappa shape index (κ3) is 3.04. The van der Waals surface area contributed by atoms with Crippen molar-refractivity contribution in [1.82, 2.24) is 14.9 Å². The van der Waals surface area contributed by atoms with Crippen LogP contribution in [0.2, 0.25) is 0 Å². The maximum atomic E-state index is 12.7. The summed E-state index contributed by atoms with van der Waals surface area (Å²) in [4.78, 5) is 9.54. The van der Waals surface area contributed by atoms with E-state index in [0.29, 0.717) is 6.04 Å². The van der Waals surface area contributed by atoms with E-state index < -0.39 is 11.9 Å². The van der Waals surface area contributed by atoms with Gasteiger partial charge in [-0.05, 0) is 25.8 Å². The SMILES string of the molecule is Nc1nc(NC2CCN3CCCCC23)cc(C(F)(F)F)n1. The van der Waals surface area contributed by atoms with Crippen molar-refractivity contribution in [3.63, 3.8) is 0 Å². The lowest BCUT2D eigenvalue weighted by Crippen LogP contribution is -2.41. The molecule has 8 heteroatoms. The second-order valence-electron chi connectivity index (χ2n) is 5.63. The molecule has 1 aromatic rings. The summed E-state index contributed by atoms with van der Waals surface area (Å²) in [6.07, 6.45) is -0.165. The molecule has 0 saturated carbocycles. The van der Waals surface area contributed by atoms with Gasteiger partial charge >= 0.3 is 6.18 Å². The number of nitrogen functional groups attached to an aromatic ring is 1. The fourth-order valence-corrected chi connectivity index (χ4v) is 3.29. The Hall–Kier alpha value is -1.57. The summed E-state index contributed by atoms with van der Waals surface area (Å²) < 4.78 is 38.2. The van der Waals surface area contributed by atoms with E-state index in [0.717, 1.165) is 32.0 Å². The molecule has 116 valence electrons. The number of anilines is 2. The van der Waals surface area contributed by atoms with Crippen LogP contribution in [0.25, 0.3) is 0 Å². The van der Waals surface area contributed by atoms with Gasteiger partial charge in [0.05, 0.1) is 0 Å². The summed E-state index contributed by atoms with van der Waals surface area (Å²) in [6.45, 7) is 2.05. The Labute approximate surface area is 120 Å². The van der Waals surface area contributed by atoms with E-state index >= 15 is 0 Å². The monoisotopic (exact) mass is 301 g/mol. The molecule has 0 bridgehead atoms. The zero-order chi connectivity index (χ0) is 15.0. The van der Waals surface area contributed by atoms with Crippen molar-refractivity contribution in [1.29, 1.82) is 0 Å². The summed E-state index contributed by atoms with van der Waals surface area (Å²) in [6, 6.07) is 1.44. The van der Waals surface area contributed by atoms with Crippen LogP contribution in [0.5, 0.6) is 0 Å². The van der Waals surface area contributed by atoms with Gasteiger partial charge in [-0.25, -0.2) is 4.98 Å². The van der Waals surface area contributed by atoms with Gasteiger partial charge in [-0.1, -0.05) is 6.42 Å². The van der Waals surface area contributed by atoms with Crippen LogP contribution in [-0.4, -0.2) is 40.0 Å². The van der Waals surface area contributed by atoms with Crippen molar-refractivity contribution in [3.05, 3.63) is 11.8 Å². The smallest absolute Gasteiger partial charge is 0.368 e.